The van der Waals surface area contributed by atoms with Crippen molar-refractivity contribution in [3.63, 3.8) is 0 Å². The molecule has 1 heterocycles. The summed E-state index contributed by atoms with van der Waals surface area (Å²) in [6.07, 6.45) is 0. The van der Waals surface area contributed by atoms with Crippen LogP contribution >= 0.6 is 35.3 Å². The zero-order valence-corrected chi connectivity index (χ0v) is 18.5. The largest absolute Gasteiger partial charge is 0.356 e. The number of nitrogens with zero attached hydrogens (tertiary/aromatic N) is 2. The number of aliphatic imine (C=N–C) groups is 1. The third-order valence-corrected chi connectivity index (χ3v) is 4.73. The molecule has 0 radical (unpaired) electrons. The minimum absolute atomic E-state index is 0. The summed E-state index contributed by atoms with van der Waals surface area (Å²) >= 11 is 1.61. The average Bonchev–Trinajstić information content (AvgIpc) is 3.04. The van der Waals surface area contributed by atoms with E-state index in [0.717, 1.165) is 16.8 Å². The van der Waals surface area contributed by atoms with Gasteiger partial charge in [0.15, 0.2) is 5.96 Å². The molecule has 144 valence electrons. The normalized spacial score (nSPS) is 12.7. The number of hydrogen-bond donors (Lipinski definition) is 2. The van der Waals surface area contributed by atoms with Crippen LogP contribution in [0.15, 0.2) is 28.6 Å². The van der Waals surface area contributed by atoms with Crippen molar-refractivity contribution >= 4 is 41.3 Å². The van der Waals surface area contributed by atoms with Crippen molar-refractivity contribution in [2.24, 2.45) is 4.99 Å². The molecule has 0 spiro atoms. The number of rotatable bonds is 6. The van der Waals surface area contributed by atoms with E-state index in [1.165, 1.54) is 12.1 Å². The molecule has 26 heavy (non-hydrogen) atoms. The highest BCUT2D eigenvalue weighted by Gasteiger charge is 2.13. The number of benzene rings is 1. The first-order valence-electron chi connectivity index (χ1n) is 8.24. The van der Waals surface area contributed by atoms with Crippen LogP contribution in [-0.4, -0.2) is 24.5 Å². The van der Waals surface area contributed by atoms with Gasteiger partial charge in [-0.2, -0.15) is 0 Å². The number of aromatic nitrogens is 1. The molecule has 1 aromatic carbocycles. The third-order valence-electron chi connectivity index (χ3n) is 3.86. The molecule has 8 heteroatoms. The van der Waals surface area contributed by atoms with E-state index < -0.39 is 11.6 Å². The molecule has 0 aliphatic carbocycles. The van der Waals surface area contributed by atoms with Crippen molar-refractivity contribution in [1.29, 1.82) is 0 Å². The minimum atomic E-state index is -0.567. The molecule has 2 N–H and O–H groups in total. The third kappa shape index (κ3) is 6.46. The van der Waals surface area contributed by atoms with E-state index in [4.69, 9.17) is 0 Å². The minimum Gasteiger partial charge on any atom is -0.356 e. The Morgan fingerprint density at radius 1 is 1.23 bits per heavy atom. The lowest BCUT2D eigenvalue weighted by atomic mass is 10.0. The van der Waals surface area contributed by atoms with Crippen molar-refractivity contribution in [2.45, 2.75) is 39.2 Å². The van der Waals surface area contributed by atoms with Crippen molar-refractivity contribution in [1.82, 2.24) is 15.6 Å². The molecule has 1 atom stereocenters. The highest BCUT2D eigenvalue weighted by atomic mass is 127. The van der Waals surface area contributed by atoms with E-state index in [-0.39, 0.29) is 29.9 Å². The molecule has 0 aliphatic rings. The zero-order valence-electron chi connectivity index (χ0n) is 15.3. The topological polar surface area (TPSA) is 49.3 Å². The highest BCUT2D eigenvalue weighted by Crippen LogP contribution is 2.19. The van der Waals surface area contributed by atoms with Crippen LogP contribution in [0.3, 0.4) is 0 Å². The van der Waals surface area contributed by atoms with Crippen molar-refractivity contribution < 1.29 is 8.78 Å². The molecule has 0 bridgehead atoms. The Hall–Kier alpha value is -1.29. The maximum absolute atomic E-state index is 13.8. The zero-order chi connectivity index (χ0) is 18.4. The number of halogens is 3. The van der Waals surface area contributed by atoms with Gasteiger partial charge in [0.25, 0.3) is 0 Å². The molecular weight excluding hydrogens is 469 g/mol. The van der Waals surface area contributed by atoms with Crippen LogP contribution in [0.5, 0.6) is 0 Å². The van der Waals surface area contributed by atoms with E-state index in [1.54, 1.807) is 18.4 Å². The van der Waals surface area contributed by atoms with Gasteiger partial charge >= 0.3 is 0 Å². The van der Waals surface area contributed by atoms with E-state index in [1.807, 2.05) is 6.92 Å². The molecule has 4 nitrogen and oxygen atoms in total. The average molecular weight is 494 g/mol. The monoisotopic (exact) mass is 494 g/mol. The Labute approximate surface area is 174 Å². The summed E-state index contributed by atoms with van der Waals surface area (Å²) < 4.78 is 26.8. The molecule has 0 saturated heterocycles. The van der Waals surface area contributed by atoms with Crippen molar-refractivity contribution in [2.75, 3.05) is 13.6 Å². The van der Waals surface area contributed by atoms with Crippen LogP contribution in [0.4, 0.5) is 8.78 Å². The van der Waals surface area contributed by atoms with E-state index in [2.05, 4.69) is 39.8 Å². The highest BCUT2D eigenvalue weighted by molar-refractivity contribution is 14.0. The first-order chi connectivity index (χ1) is 11.9. The molecule has 0 aliphatic heterocycles. The van der Waals surface area contributed by atoms with Gasteiger partial charge in [0.1, 0.15) is 16.6 Å². The quantitative estimate of drug-likeness (QED) is 0.350. The Morgan fingerprint density at radius 3 is 2.54 bits per heavy atom. The van der Waals surface area contributed by atoms with Crippen LogP contribution in [-0.2, 0) is 6.54 Å². The van der Waals surface area contributed by atoms with Crippen molar-refractivity contribution in [3.8, 4) is 0 Å². The van der Waals surface area contributed by atoms with Crippen LogP contribution in [0.1, 0.15) is 48.9 Å². The second-order valence-electron chi connectivity index (χ2n) is 6.19. The van der Waals surface area contributed by atoms with Gasteiger partial charge in [-0.3, -0.25) is 4.99 Å². The van der Waals surface area contributed by atoms with Gasteiger partial charge in [-0.15, -0.1) is 35.3 Å². The SMILES string of the molecule is CN=C(NCc1nc(C(C)C)cs1)NCC(C)c1ccc(F)cc1F.I. The first-order valence-corrected chi connectivity index (χ1v) is 9.12. The fourth-order valence-electron chi connectivity index (χ4n) is 2.31. The van der Waals surface area contributed by atoms with E-state index in [0.29, 0.717) is 30.5 Å². The summed E-state index contributed by atoms with van der Waals surface area (Å²) in [6.45, 7) is 7.17. The summed E-state index contributed by atoms with van der Waals surface area (Å²) in [6, 6.07) is 3.67. The predicted octanol–water partition coefficient (Wildman–Crippen LogP) is 4.63. The van der Waals surface area contributed by atoms with Gasteiger partial charge in [0.05, 0.1) is 12.2 Å². The molecular formula is C18H25F2IN4S. The summed E-state index contributed by atoms with van der Waals surface area (Å²) in [4.78, 5) is 8.73. The first kappa shape index (κ1) is 22.8. The lowest BCUT2D eigenvalue weighted by Crippen LogP contribution is -2.38. The van der Waals surface area contributed by atoms with Gasteiger partial charge in [0, 0.05) is 31.0 Å². The number of thiazole rings is 1. The maximum Gasteiger partial charge on any atom is 0.191 e. The Bertz CT molecular complexity index is 734. The van der Waals surface area contributed by atoms with Crippen LogP contribution < -0.4 is 10.6 Å². The maximum atomic E-state index is 13.8. The number of guanidine groups is 1. The Kier molecular flexibility index (Phi) is 9.42. The van der Waals surface area contributed by atoms with Crippen LogP contribution in [0, 0.1) is 11.6 Å². The van der Waals surface area contributed by atoms with Gasteiger partial charge in [-0.25, -0.2) is 13.8 Å². The van der Waals surface area contributed by atoms with E-state index >= 15 is 0 Å². The van der Waals surface area contributed by atoms with Crippen molar-refractivity contribution in [3.05, 3.63) is 51.5 Å². The lowest BCUT2D eigenvalue weighted by molar-refractivity contribution is 0.556. The van der Waals surface area contributed by atoms with Gasteiger partial charge in [-0.05, 0) is 17.5 Å². The standard InChI is InChI=1S/C18H24F2N4S.HI/c1-11(2)16-10-25-17(24-16)9-23-18(21-4)22-8-12(3)14-6-5-13(19)7-15(14)20;/h5-7,10-12H,8-9H2,1-4H3,(H2,21,22,23);1H. The summed E-state index contributed by atoms with van der Waals surface area (Å²) in [7, 11) is 1.68. The second-order valence-corrected chi connectivity index (χ2v) is 7.14. The summed E-state index contributed by atoms with van der Waals surface area (Å²) in [5.41, 5.74) is 1.57. The van der Waals surface area contributed by atoms with E-state index in [9.17, 15) is 8.78 Å². The molecule has 2 rings (SSSR count). The predicted molar refractivity (Wildman–Crippen MR) is 115 cm³/mol. The fourth-order valence-corrected chi connectivity index (χ4v) is 3.21. The van der Waals surface area contributed by atoms with Gasteiger partial charge in [0.2, 0.25) is 0 Å². The molecule has 0 fully saturated rings. The van der Waals surface area contributed by atoms with Gasteiger partial charge < -0.3 is 10.6 Å². The second kappa shape index (κ2) is 10.8. The lowest BCUT2D eigenvalue weighted by Gasteiger charge is -2.16. The molecule has 2 aromatic rings. The number of hydrogen-bond acceptors (Lipinski definition) is 3. The fraction of sp³-hybridized carbons (Fsp3) is 0.444. The summed E-state index contributed by atoms with van der Waals surface area (Å²) in [5, 5.41) is 9.42. The smallest absolute Gasteiger partial charge is 0.191 e. The molecule has 1 aromatic heterocycles. The molecule has 1 unspecified atom stereocenters. The summed E-state index contributed by atoms with van der Waals surface area (Å²) in [5.74, 6) is -0.180. The number of nitrogens with one attached hydrogen (secondary N) is 2. The Morgan fingerprint density at radius 2 is 1.96 bits per heavy atom. The Balaban J connectivity index is 0.00000338. The van der Waals surface area contributed by atoms with Crippen LogP contribution in [0.25, 0.3) is 0 Å². The molecule has 0 amide bonds. The van der Waals surface area contributed by atoms with Crippen LogP contribution in [0.2, 0.25) is 0 Å². The molecule has 0 saturated carbocycles. The van der Waals surface area contributed by atoms with Gasteiger partial charge in [-0.1, -0.05) is 26.8 Å².